The van der Waals surface area contributed by atoms with Gasteiger partial charge in [0.25, 0.3) is 0 Å². The predicted octanol–water partition coefficient (Wildman–Crippen LogP) is 3.83. The molecular formula is C20H17N3O3. The van der Waals surface area contributed by atoms with Crippen molar-refractivity contribution in [3.8, 4) is 6.07 Å². The van der Waals surface area contributed by atoms with Gasteiger partial charge in [-0.05, 0) is 38.1 Å². The molecule has 2 aromatic carbocycles. The number of allylic oxidation sites excluding steroid dienone is 1. The van der Waals surface area contributed by atoms with Crippen molar-refractivity contribution in [2.24, 2.45) is 0 Å². The van der Waals surface area contributed by atoms with Gasteiger partial charge in [0.15, 0.2) is 11.6 Å². The number of nitriles is 1. The van der Waals surface area contributed by atoms with Gasteiger partial charge >= 0.3 is 5.97 Å². The van der Waals surface area contributed by atoms with Crippen LogP contribution in [0.15, 0.2) is 48.2 Å². The van der Waals surface area contributed by atoms with Crippen molar-refractivity contribution in [3.63, 3.8) is 0 Å². The number of carbonyl (C=O) groups excluding carboxylic acids is 1. The van der Waals surface area contributed by atoms with Crippen LogP contribution in [0.3, 0.4) is 0 Å². The standard InChI is InChI=1S/C20H17N3O3/c1-12-7-13(2)9-14(8-12)20(25)26-11-18(24)15(10-21)19-22-16-5-3-4-6-17(16)23-19/h3-9,24H,11H2,1-2H3,(H,22,23)/b18-15-. The smallest absolute Gasteiger partial charge is 0.338 e. The van der Waals surface area contributed by atoms with Gasteiger partial charge in [-0.3, -0.25) is 0 Å². The number of imidazole rings is 1. The van der Waals surface area contributed by atoms with Gasteiger partial charge in [-0.15, -0.1) is 0 Å². The molecule has 0 saturated carbocycles. The Morgan fingerprint density at radius 3 is 2.58 bits per heavy atom. The summed E-state index contributed by atoms with van der Waals surface area (Å²) in [5.41, 5.74) is 3.64. The Hall–Kier alpha value is -3.59. The maximum atomic E-state index is 12.2. The molecule has 6 nitrogen and oxygen atoms in total. The molecule has 0 unspecified atom stereocenters. The molecule has 1 aromatic heterocycles. The van der Waals surface area contributed by atoms with E-state index in [0.29, 0.717) is 11.1 Å². The number of benzene rings is 2. The molecule has 0 amide bonds. The number of aryl methyl sites for hydroxylation is 2. The van der Waals surface area contributed by atoms with Crippen LogP contribution in [0.25, 0.3) is 16.6 Å². The molecule has 0 spiro atoms. The molecule has 130 valence electrons. The average Bonchev–Trinajstić information content (AvgIpc) is 3.03. The highest BCUT2D eigenvalue weighted by Crippen LogP contribution is 2.19. The second-order valence-corrected chi connectivity index (χ2v) is 5.99. The van der Waals surface area contributed by atoms with E-state index in [1.165, 1.54) is 0 Å². The van der Waals surface area contributed by atoms with E-state index in [1.807, 2.05) is 44.2 Å². The Bertz CT molecular complexity index is 1000. The molecule has 0 atom stereocenters. The molecule has 0 saturated heterocycles. The van der Waals surface area contributed by atoms with E-state index in [4.69, 9.17) is 4.74 Å². The zero-order valence-corrected chi connectivity index (χ0v) is 14.4. The van der Waals surface area contributed by atoms with Crippen LogP contribution in [0.2, 0.25) is 0 Å². The largest absolute Gasteiger partial charge is 0.507 e. The molecule has 0 bridgehead atoms. The average molecular weight is 347 g/mol. The van der Waals surface area contributed by atoms with Crippen LogP contribution in [0, 0.1) is 25.2 Å². The number of hydrogen-bond donors (Lipinski definition) is 2. The Morgan fingerprint density at radius 1 is 1.23 bits per heavy atom. The van der Waals surface area contributed by atoms with Crippen molar-refractivity contribution < 1.29 is 14.6 Å². The second kappa shape index (κ2) is 7.11. The zero-order valence-electron chi connectivity index (χ0n) is 14.4. The van der Waals surface area contributed by atoms with Crippen LogP contribution >= 0.6 is 0 Å². The summed E-state index contributed by atoms with van der Waals surface area (Å²) in [5.74, 6) is -0.692. The van der Waals surface area contributed by atoms with E-state index in [9.17, 15) is 15.2 Å². The quantitative estimate of drug-likeness (QED) is 0.424. The first-order chi connectivity index (χ1) is 12.5. The van der Waals surface area contributed by atoms with Crippen LogP contribution in [0.5, 0.6) is 0 Å². The molecule has 0 aliphatic heterocycles. The van der Waals surface area contributed by atoms with Crippen LogP contribution in [-0.2, 0) is 4.74 Å². The summed E-state index contributed by atoms with van der Waals surface area (Å²) in [4.78, 5) is 19.4. The molecule has 0 aliphatic carbocycles. The normalized spacial score (nSPS) is 11.7. The van der Waals surface area contributed by atoms with E-state index >= 15 is 0 Å². The summed E-state index contributed by atoms with van der Waals surface area (Å²) in [6.07, 6.45) is 0. The Labute approximate surface area is 150 Å². The van der Waals surface area contributed by atoms with Crippen molar-refractivity contribution in [2.75, 3.05) is 6.61 Å². The highest BCUT2D eigenvalue weighted by molar-refractivity contribution is 5.90. The number of H-pyrrole nitrogens is 1. The Morgan fingerprint density at radius 2 is 1.92 bits per heavy atom. The van der Waals surface area contributed by atoms with Gasteiger partial charge in [0, 0.05) is 0 Å². The van der Waals surface area contributed by atoms with Gasteiger partial charge in [0.2, 0.25) is 0 Å². The summed E-state index contributed by atoms with van der Waals surface area (Å²) in [6, 6.07) is 14.5. The first-order valence-electron chi connectivity index (χ1n) is 8.00. The number of aliphatic hydroxyl groups excluding tert-OH is 1. The number of ether oxygens (including phenoxy) is 1. The summed E-state index contributed by atoms with van der Waals surface area (Å²) in [7, 11) is 0. The first-order valence-corrected chi connectivity index (χ1v) is 8.00. The molecule has 3 rings (SSSR count). The van der Waals surface area contributed by atoms with Crippen molar-refractivity contribution in [1.82, 2.24) is 9.97 Å². The molecule has 0 aliphatic rings. The molecule has 26 heavy (non-hydrogen) atoms. The topological polar surface area (TPSA) is 99.0 Å². The summed E-state index contributed by atoms with van der Waals surface area (Å²) in [6.45, 7) is 3.36. The minimum Gasteiger partial charge on any atom is -0.507 e. The lowest BCUT2D eigenvalue weighted by Crippen LogP contribution is -2.10. The molecule has 0 radical (unpaired) electrons. The van der Waals surface area contributed by atoms with E-state index in [0.717, 1.165) is 16.6 Å². The van der Waals surface area contributed by atoms with Gasteiger partial charge in [-0.2, -0.15) is 5.26 Å². The number of hydrogen-bond acceptors (Lipinski definition) is 5. The number of rotatable bonds is 4. The second-order valence-electron chi connectivity index (χ2n) is 5.99. The molecule has 3 aromatic rings. The number of nitrogens with one attached hydrogen (secondary N) is 1. The number of carbonyl (C=O) groups is 1. The molecule has 1 heterocycles. The van der Waals surface area contributed by atoms with E-state index in [2.05, 4.69) is 9.97 Å². The van der Waals surface area contributed by atoms with Crippen molar-refractivity contribution in [1.29, 1.82) is 5.26 Å². The number of aromatic nitrogens is 2. The maximum absolute atomic E-state index is 12.2. The van der Waals surface area contributed by atoms with Gasteiger partial charge < -0.3 is 14.8 Å². The lowest BCUT2D eigenvalue weighted by molar-refractivity contribution is 0.0502. The van der Waals surface area contributed by atoms with Crippen LogP contribution < -0.4 is 0 Å². The number of esters is 1. The highest BCUT2D eigenvalue weighted by Gasteiger charge is 2.16. The van der Waals surface area contributed by atoms with Crippen molar-refractivity contribution in [3.05, 3.63) is 70.7 Å². The van der Waals surface area contributed by atoms with Crippen LogP contribution in [0.4, 0.5) is 0 Å². The Balaban J connectivity index is 1.80. The summed E-state index contributed by atoms with van der Waals surface area (Å²) < 4.78 is 5.14. The van der Waals surface area contributed by atoms with E-state index in [1.54, 1.807) is 18.2 Å². The molecule has 6 heteroatoms. The minimum atomic E-state index is -0.565. The van der Waals surface area contributed by atoms with Gasteiger partial charge in [-0.1, -0.05) is 29.3 Å². The third-order valence-electron chi connectivity index (χ3n) is 3.82. The maximum Gasteiger partial charge on any atom is 0.338 e. The number of nitrogens with zero attached hydrogens (tertiary/aromatic N) is 2. The van der Waals surface area contributed by atoms with Gasteiger partial charge in [-0.25, -0.2) is 9.78 Å². The molecule has 2 N–H and O–H groups in total. The van der Waals surface area contributed by atoms with Gasteiger partial charge in [0.05, 0.1) is 16.6 Å². The minimum absolute atomic E-state index is 0.0607. The number of aromatic amines is 1. The summed E-state index contributed by atoms with van der Waals surface area (Å²) >= 11 is 0. The van der Waals surface area contributed by atoms with Crippen molar-refractivity contribution >= 4 is 22.6 Å². The lowest BCUT2D eigenvalue weighted by atomic mass is 10.1. The van der Waals surface area contributed by atoms with E-state index < -0.39 is 12.6 Å². The third-order valence-corrected chi connectivity index (χ3v) is 3.82. The van der Waals surface area contributed by atoms with Crippen LogP contribution in [0.1, 0.15) is 27.3 Å². The molecular weight excluding hydrogens is 330 g/mol. The SMILES string of the molecule is Cc1cc(C)cc(C(=O)OC/C(O)=C(\C#N)c2nc3ccccc3[nH]2)c1. The highest BCUT2D eigenvalue weighted by atomic mass is 16.5. The predicted molar refractivity (Wildman–Crippen MR) is 97.5 cm³/mol. The monoisotopic (exact) mass is 347 g/mol. The van der Waals surface area contributed by atoms with Crippen LogP contribution in [-0.4, -0.2) is 27.7 Å². The fourth-order valence-electron chi connectivity index (χ4n) is 2.71. The number of para-hydroxylation sites is 2. The number of aliphatic hydroxyl groups is 1. The third kappa shape index (κ3) is 3.57. The van der Waals surface area contributed by atoms with E-state index in [-0.39, 0.29) is 17.2 Å². The number of fused-ring (bicyclic) bond motifs is 1. The van der Waals surface area contributed by atoms with Crippen molar-refractivity contribution in [2.45, 2.75) is 13.8 Å². The Kier molecular flexibility index (Phi) is 4.72. The fraction of sp³-hybridized carbons (Fsp3) is 0.150. The summed E-state index contributed by atoms with van der Waals surface area (Å²) in [5, 5.41) is 19.6. The fourth-order valence-corrected chi connectivity index (χ4v) is 2.71. The van der Waals surface area contributed by atoms with Gasteiger partial charge in [0.1, 0.15) is 18.2 Å². The first kappa shape index (κ1) is 17.2. The lowest BCUT2D eigenvalue weighted by Gasteiger charge is -2.07. The zero-order chi connectivity index (χ0) is 18.7. The molecule has 0 fully saturated rings.